The first-order valence-corrected chi connectivity index (χ1v) is 15.7. The highest BCUT2D eigenvalue weighted by atomic mass is 19.4. The minimum atomic E-state index is -4.83. The van der Waals surface area contributed by atoms with Crippen LogP contribution in [0.2, 0.25) is 0 Å². The molecule has 0 bridgehead atoms. The molecule has 3 N–H and O–H groups in total. The lowest BCUT2D eigenvalue weighted by molar-refractivity contribution is -0.198. The van der Waals surface area contributed by atoms with Gasteiger partial charge in [-0.2, -0.15) is 28.2 Å². The van der Waals surface area contributed by atoms with Gasteiger partial charge in [-0.25, -0.2) is 9.67 Å². The molecule has 2 atom stereocenters. The van der Waals surface area contributed by atoms with Crippen LogP contribution in [0.3, 0.4) is 0 Å². The van der Waals surface area contributed by atoms with Gasteiger partial charge in [0.05, 0.1) is 25.1 Å². The van der Waals surface area contributed by atoms with Crippen LogP contribution in [0.4, 0.5) is 24.9 Å². The van der Waals surface area contributed by atoms with Crippen LogP contribution in [-0.4, -0.2) is 76.3 Å². The molecule has 0 aliphatic carbocycles. The first-order chi connectivity index (χ1) is 23.0. The Kier molecular flexibility index (Phi) is 9.14. The number of nitrogens with one attached hydrogen (secondary N) is 1. The van der Waals surface area contributed by atoms with Gasteiger partial charge in [0.25, 0.3) is 0 Å². The molecule has 2 aliphatic rings. The SMILES string of the molecule is CCOC(=O)[C@@H]1CC2(CCN(c3cc(O[C@H](c4ccc(-c5ccc(OC)nc5)cc4-n4ccc(C)n4)C(F)(F)F)nc(N)n3)CC2)CN1. The molecule has 254 valence electrons. The number of esters is 1. The molecule has 0 radical (unpaired) electrons. The minimum Gasteiger partial charge on any atom is -0.481 e. The van der Waals surface area contributed by atoms with E-state index in [1.165, 1.54) is 23.9 Å². The Bertz CT molecular complexity index is 1760. The van der Waals surface area contributed by atoms with Gasteiger partial charge >= 0.3 is 12.1 Å². The zero-order chi connectivity index (χ0) is 34.1. The van der Waals surface area contributed by atoms with Crippen molar-refractivity contribution in [1.29, 1.82) is 0 Å². The maximum Gasteiger partial charge on any atom is 0.429 e. The molecular formula is C33H37F3N8O4. The van der Waals surface area contributed by atoms with Gasteiger partial charge in [0, 0.05) is 55.3 Å². The van der Waals surface area contributed by atoms with Crippen LogP contribution in [0.15, 0.2) is 54.9 Å². The number of halogens is 3. The summed E-state index contributed by atoms with van der Waals surface area (Å²) in [6, 6.07) is 10.8. The van der Waals surface area contributed by atoms with Crippen LogP contribution in [0.25, 0.3) is 16.8 Å². The van der Waals surface area contributed by atoms with Crippen LogP contribution in [0.1, 0.15) is 43.5 Å². The third-order valence-corrected chi connectivity index (χ3v) is 8.88. The molecule has 1 spiro atoms. The normalized spacial score (nSPS) is 18.1. The summed E-state index contributed by atoms with van der Waals surface area (Å²) in [5, 5.41) is 7.68. The zero-order valence-corrected chi connectivity index (χ0v) is 26.8. The van der Waals surface area contributed by atoms with Crippen molar-refractivity contribution in [1.82, 2.24) is 30.0 Å². The number of methoxy groups -OCH3 is 1. The first kappa shape index (κ1) is 33.0. The summed E-state index contributed by atoms with van der Waals surface area (Å²) >= 11 is 0. The number of nitrogen functional groups attached to an aromatic ring is 1. The Morgan fingerprint density at radius 2 is 1.88 bits per heavy atom. The van der Waals surface area contributed by atoms with Gasteiger partial charge in [0.2, 0.25) is 23.8 Å². The third-order valence-electron chi connectivity index (χ3n) is 8.88. The fraction of sp³-hybridized carbons (Fsp3) is 0.424. The molecule has 3 aromatic heterocycles. The highest BCUT2D eigenvalue weighted by Crippen LogP contribution is 2.43. The average molecular weight is 667 g/mol. The van der Waals surface area contributed by atoms with Crippen molar-refractivity contribution in [2.75, 3.05) is 44.0 Å². The second kappa shape index (κ2) is 13.3. The number of nitrogens with zero attached hydrogens (tertiary/aromatic N) is 6. The number of aromatic nitrogens is 5. The van der Waals surface area contributed by atoms with Crippen molar-refractivity contribution in [2.45, 2.75) is 51.4 Å². The van der Waals surface area contributed by atoms with Crippen molar-refractivity contribution in [3.8, 4) is 28.6 Å². The van der Waals surface area contributed by atoms with Crippen LogP contribution in [0.5, 0.6) is 11.8 Å². The zero-order valence-electron chi connectivity index (χ0n) is 26.8. The Hall–Kier alpha value is -4.92. The Labute approximate surface area is 275 Å². The minimum absolute atomic E-state index is 0.0808. The average Bonchev–Trinajstić information content (AvgIpc) is 3.69. The number of nitrogens with two attached hydrogens (primary N) is 1. The van der Waals surface area contributed by atoms with E-state index >= 15 is 0 Å². The van der Waals surface area contributed by atoms with Crippen molar-refractivity contribution in [3.05, 3.63) is 66.1 Å². The molecule has 5 heterocycles. The van der Waals surface area contributed by atoms with Crippen molar-refractivity contribution in [3.63, 3.8) is 0 Å². The molecule has 2 fully saturated rings. The summed E-state index contributed by atoms with van der Waals surface area (Å²) in [6.45, 7) is 5.68. The maximum absolute atomic E-state index is 14.9. The quantitative estimate of drug-likeness (QED) is 0.238. The van der Waals surface area contributed by atoms with Crippen LogP contribution >= 0.6 is 0 Å². The number of alkyl halides is 3. The maximum atomic E-state index is 14.9. The van der Waals surface area contributed by atoms with Gasteiger partial charge in [-0.15, -0.1) is 0 Å². The van der Waals surface area contributed by atoms with Crippen LogP contribution in [0, 0.1) is 12.3 Å². The van der Waals surface area contributed by atoms with Gasteiger partial charge in [0.1, 0.15) is 11.9 Å². The highest BCUT2D eigenvalue weighted by molar-refractivity contribution is 5.76. The van der Waals surface area contributed by atoms with Crippen molar-refractivity contribution < 1.29 is 32.2 Å². The molecule has 1 aromatic carbocycles. The first-order valence-electron chi connectivity index (χ1n) is 15.7. The van der Waals surface area contributed by atoms with E-state index < -0.39 is 12.3 Å². The number of anilines is 2. The lowest BCUT2D eigenvalue weighted by Crippen LogP contribution is -2.41. The molecule has 15 heteroatoms. The lowest BCUT2D eigenvalue weighted by Gasteiger charge is -2.39. The lowest BCUT2D eigenvalue weighted by atomic mass is 9.76. The van der Waals surface area contributed by atoms with Crippen molar-refractivity contribution >= 4 is 17.7 Å². The summed E-state index contributed by atoms with van der Waals surface area (Å²) in [5.74, 6) is 0.00980. The molecule has 0 unspecified atom stereocenters. The number of ether oxygens (including phenoxy) is 3. The summed E-state index contributed by atoms with van der Waals surface area (Å²) < 4.78 is 61.9. The Morgan fingerprint density at radius 1 is 1.10 bits per heavy atom. The van der Waals surface area contributed by atoms with E-state index in [2.05, 4.69) is 25.4 Å². The topological polar surface area (TPSA) is 143 Å². The van der Waals surface area contributed by atoms with E-state index in [1.54, 1.807) is 56.6 Å². The standard InChI is InChI=1S/C33H37F3N8O4/c1-4-47-30(45)24-17-32(19-39-24)10-13-43(14-11-32)26-16-28(41-31(37)40-26)48-29(33(34,35)36)23-7-5-21(22-6-8-27(46-3)38-18-22)15-25(23)44-12-9-20(2)42-44/h5-9,12,15-16,18,24,29,39H,4,10-11,13-14,17,19H2,1-3H3,(H2,37,40,41)/t24-,29+/m0/s1. The Balaban J connectivity index is 1.27. The van der Waals surface area contributed by atoms with E-state index in [9.17, 15) is 18.0 Å². The van der Waals surface area contributed by atoms with Gasteiger partial charge in [-0.1, -0.05) is 12.1 Å². The number of pyridine rings is 1. The number of rotatable bonds is 9. The smallest absolute Gasteiger partial charge is 0.429 e. The molecule has 0 saturated carbocycles. The van der Waals surface area contributed by atoms with Gasteiger partial charge in [0.15, 0.2) is 0 Å². The van der Waals surface area contributed by atoms with Crippen LogP contribution in [-0.2, 0) is 9.53 Å². The number of carbonyl (C=O) groups is 1. The number of aryl methyl sites for hydroxylation is 1. The Morgan fingerprint density at radius 3 is 2.52 bits per heavy atom. The largest absolute Gasteiger partial charge is 0.481 e. The molecule has 0 amide bonds. The summed E-state index contributed by atoms with van der Waals surface area (Å²) in [7, 11) is 1.50. The monoisotopic (exact) mass is 666 g/mol. The summed E-state index contributed by atoms with van der Waals surface area (Å²) in [6.07, 6.45) is -1.89. The summed E-state index contributed by atoms with van der Waals surface area (Å²) in [5.41, 5.74) is 7.87. The molecule has 12 nitrogen and oxygen atoms in total. The van der Waals surface area contributed by atoms with Crippen molar-refractivity contribution in [2.24, 2.45) is 5.41 Å². The van der Waals surface area contributed by atoms with E-state index in [-0.39, 0.29) is 40.5 Å². The highest BCUT2D eigenvalue weighted by Gasteiger charge is 2.46. The second-order valence-electron chi connectivity index (χ2n) is 12.1. The summed E-state index contributed by atoms with van der Waals surface area (Å²) in [4.78, 5) is 26.8. The molecule has 4 aromatic rings. The van der Waals surface area contributed by atoms with Gasteiger partial charge in [-0.05, 0) is 62.3 Å². The number of benzene rings is 1. The fourth-order valence-electron chi connectivity index (χ4n) is 6.36. The molecule has 6 rings (SSSR count). The number of carbonyl (C=O) groups excluding carboxylic acids is 1. The number of piperidine rings is 1. The second-order valence-corrected chi connectivity index (χ2v) is 12.1. The molecular weight excluding hydrogens is 629 g/mol. The van der Waals surface area contributed by atoms with Gasteiger partial charge < -0.3 is 30.2 Å². The number of hydrogen-bond donors (Lipinski definition) is 2. The van der Waals surface area contributed by atoms with E-state index in [4.69, 9.17) is 19.9 Å². The molecule has 48 heavy (non-hydrogen) atoms. The number of hydrogen-bond acceptors (Lipinski definition) is 11. The molecule has 2 aliphatic heterocycles. The predicted octanol–water partition coefficient (Wildman–Crippen LogP) is 4.82. The molecule has 2 saturated heterocycles. The van der Waals surface area contributed by atoms with E-state index in [0.717, 1.165) is 12.8 Å². The third kappa shape index (κ3) is 7.00. The fourth-order valence-corrected chi connectivity index (χ4v) is 6.36. The van der Waals surface area contributed by atoms with E-state index in [1.807, 2.05) is 4.90 Å². The van der Waals surface area contributed by atoms with Crippen LogP contribution < -0.4 is 25.4 Å². The predicted molar refractivity (Wildman–Crippen MR) is 171 cm³/mol. The van der Waals surface area contributed by atoms with Gasteiger partial charge in [-0.3, -0.25) is 4.79 Å². The van der Waals surface area contributed by atoms with E-state index in [0.29, 0.717) is 61.2 Å².